The summed E-state index contributed by atoms with van der Waals surface area (Å²) in [4.78, 5) is 21.9. The molecule has 14 heavy (non-hydrogen) atoms. The second-order valence-electron chi connectivity index (χ2n) is 4.65. The van der Waals surface area contributed by atoms with E-state index in [1.165, 1.54) is 0 Å². The molecule has 0 bridgehead atoms. The Labute approximate surface area is 84.0 Å². The monoisotopic (exact) mass is 199 g/mol. The quantitative estimate of drug-likeness (QED) is 0.700. The summed E-state index contributed by atoms with van der Waals surface area (Å²) in [6.45, 7) is 5.37. The van der Waals surface area contributed by atoms with Crippen molar-refractivity contribution in [2.75, 3.05) is 0 Å². The molecule has 1 rings (SSSR count). The maximum absolute atomic E-state index is 11.3. The summed E-state index contributed by atoms with van der Waals surface area (Å²) in [5.41, 5.74) is -0.513. The Morgan fingerprint density at radius 2 is 2.07 bits per heavy atom. The van der Waals surface area contributed by atoms with Crippen molar-refractivity contribution >= 4 is 12.4 Å². The fourth-order valence-corrected chi connectivity index (χ4v) is 1.16. The molecule has 0 aromatic rings. The van der Waals surface area contributed by atoms with E-state index in [9.17, 15) is 9.59 Å². The molecular weight excluding hydrogens is 182 g/mol. The number of rotatable bonds is 3. The van der Waals surface area contributed by atoms with E-state index in [1.54, 1.807) is 20.8 Å². The molecular formula is C10H17NO3. The molecule has 0 heterocycles. The van der Waals surface area contributed by atoms with E-state index in [1.807, 2.05) is 0 Å². The summed E-state index contributed by atoms with van der Waals surface area (Å²) >= 11 is 0. The number of alkyl carbamates (subject to hydrolysis) is 1. The highest BCUT2D eigenvalue weighted by Gasteiger charge is 2.33. The molecule has 1 N–H and O–H groups in total. The lowest BCUT2D eigenvalue weighted by Crippen LogP contribution is -2.41. The van der Waals surface area contributed by atoms with Crippen LogP contribution in [-0.2, 0) is 9.53 Å². The van der Waals surface area contributed by atoms with Crippen LogP contribution in [0.1, 0.15) is 33.6 Å². The Balaban J connectivity index is 2.34. The third kappa shape index (κ3) is 3.77. The number of nitrogens with one attached hydrogen (secondary N) is 1. The standard InChI is InChI=1S/C10H17NO3/c1-10(2,3)14-9(13)11-8(6-12)7-4-5-7/h6-8H,4-5H2,1-3H3,(H,11,13)/t8-/m0/s1. The summed E-state index contributed by atoms with van der Waals surface area (Å²) in [6, 6.07) is -0.371. The molecule has 80 valence electrons. The van der Waals surface area contributed by atoms with Crippen LogP contribution in [0.5, 0.6) is 0 Å². The topological polar surface area (TPSA) is 55.4 Å². The molecule has 4 nitrogen and oxygen atoms in total. The highest BCUT2D eigenvalue weighted by Crippen LogP contribution is 2.31. The van der Waals surface area contributed by atoms with Crippen molar-refractivity contribution in [1.82, 2.24) is 5.32 Å². The first-order valence-electron chi connectivity index (χ1n) is 4.87. The van der Waals surface area contributed by atoms with Crippen LogP contribution in [0, 0.1) is 5.92 Å². The second-order valence-corrected chi connectivity index (χ2v) is 4.65. The molecule has 0 radical (unpaired) electrons. The van der Waals surface area contributed by atoms with Gasteiger partial charge in [0.15, 0.2) is 0 Å². The average molecular weight is 199 g/mol. The fourth-order valence-electron chi connectivity index (χ4n) is 1.16. The van der Waals surface area contributed by atoms with Gasteiger partial charge < -0.3 is 14.8 Å². The maximum Gasteiger partial charge on any atom is 0.408 e. The van der Waals surface area contributed by atoms with Crippen molar-refractivity contribution in [3.63, 3.8) is 0 Å². The lowest BCUT2D eigenvalue weighted by atomic mass is 10.2. The van der Waals surface area contributed by atoms with Gasteiger partial charge in [-0.3, -0.25) is 0 Å². The lowest BCUT2D eigenvalue weighted by Gasteiger charge is -2.21. The minimum Gasteiger partial charge on any atom is -0.444 e. The van der Waals surface area contributed by atoms with Crippen molar-refractivity contribution in [1.29, 1.82) is 0 Å². The molecule has 1 amide bonds. The Hall–Kier alpha value is -1.06. The zero-order chi connectivity index (χ0) is 10.8. The number of carbonyl (C=O) groups is 2. The van der Waals surface area contributed by atoms with E-state index >= 15 is 0 Å². The van der Waals surface area contributed by atoms with Gasteiger partial charge >= 0.3 is 6.09 Å². The average Bonchev–Trinajstić information content (AvgIpc) is 2.78. The molecule has 0 aliphatic heterocycles. The van der Waals surface area contributed by atoms with Crippen LogP contribution < -0.4 is 5.32 Å². The largest absolute Gasteiger partial charge is 0.444 e. The molecule has 0 spiro atoms. The third-order valence-corrected chi connectivity index (χ3v) is 1.96. The SMILES string of the molecule is CC(C)(C)OC(=O)N[C@@H](C=O)C1CC1. The van der Waals surface area contributed by atoms with Crippen LogP contribution in [0.2, 0.25) is 0 Å². The molecule has 1 saturated carbocycles. The van der Waals surface area contributed by atoms with Crippen molar-refractivity contribution in [3.05, 3.63) is 0 Å². The molecule has 1 aliphatic rings. The molecule has 0 aromatic carbocycles. The van der Waals surface area contributed by atoms with Gasteiger partial charge in [-0.05, 0) is 39.5 Å². The van der Waals surface area contributed by atoms with Gasteiger partial charge in [0.1, 0.15) is 11.9 Å². The molecule has 0 unspecified atom stereocenters. The van der Waals surface area contributed by atoms with Crippen molar-refractivity contribution in [3.8, 4) is 0 Å². The van der Waals surface area contributed by atoms with Crippen molar-refractivity contribution in [2.24, 2.45) is 5.92 Å². The number of hydrogen-bond acceptors (Lipinski definition) is 3. The lowest BCUT2D eigenvalue weighted by molar-refractivity contribution is -0.110. The van der Waals surface area contributed by atoms with E-state index in [4.69, 9.17) is 4.74 Å². The highest BCUT2D eigenvalue weighted by molar-refractivity contribution is 5.73. The summed E-state index contributed by atoms with van der Waals surface area (Å²) < 4.78 is 5.04. The first kappa shape index (κ1) is 11.0. The van der Waals surface area contributed by atoms with Crippen LogP contribution in [0.15, 0.2) is 0 Å². The van der Waals surface area contributed by atoms with Crippen LogP contribution in [-0.4, -0.2) is 24.0 Å². The Morgan fingerprint density at radius 1 is 1.50 bits per heavy atom. The van der Waals surface area contributed by atoms with Gasteiger partial charge in [0.05, 0.1) is 6.04 Å². The maximum atomic E-state index is 11.3. The van der Waals surface area contributed by atoms with Crippen LogP contribution in [0.4, 0.5) is 4.79 Å². The van der Waals surface area contributed by atoms with Gasteiger partial charge in [-0.15, -0.1) is 0 Å². The highest BCUT2D eigenvalue weighted by atomic mass is 16.6. The van der Waals surface area contributed by atoms with Crippen LogP contribution in [0.3, 0.4) is 0 Å². The summed E-state index contributed by atoms with van der Waals surface area (Å²) in [5, 5.41) is 2.56. The van der Waals surface area contributed by atoms with Gasteiger partial charge in [-0.25, -0.2) is 4.79 Å². The Kier molecular flexibility index (Phi) is 3.13. The van der Waals surface area contributed by atoms with Gasteiger partial charge in [0.2, 0.25) is 0 Å². The zero-order valence-electron chi connectivity index (χ0n) is 8.87. The van der Waals surface area contributed by atoms with Crippen molar-refractivity contribution < 1.29 is 14.3 Å². The molecule has 0 saturated heterocycles. The summed E-state index contributed by atoms with van der Waals surface area (Å²) in [7, 11) is 0. The first-order valence-corrected chi connectivity index (χ1v) is 4.87. The van der Waals surface area contributed by atoms with E-state index < -0.39 is 11.7 Å². The normalized spacial score (nSPS) is 18.5. The molecule has 0 aromatic heterocycles. The Morgan fingerprint density at radius 3 is 2.43 bits per heavy atom. The number of ether oxygens (including phenoxy) is 1. The van der Waals surface area contributed by atoms with E-state index in [0.29, 0.717) is 5.92 Å². The minimum absolute atomic E-state index is 0.319. The first-order chi connectivity index (χ1) is 6.42. The van der Waals surface area contributed by atoms with Gasteiger partial charge in [0, 0.05) is 0 Å². The van der Waals surface area contributed by atoms with Crippen LogP contribution in [0.25, 0.3) is 0 Å². The van der Waals surface area contributed by atoms with Gasteiger partial charge in [-0.1, -0.05) is 0 Å². The molecule has 1 atom stereocenters. The molecule has 1 fully saturated rings. The second kappa shape index (κ2) is 3.98. The molecule has 4 heteroatoms. The van der Waals surface area contributed by atoms with E-state index in [0.717, 1.165) is 19.1 Å². The summed E-state index contributed by atoms with van der Waals surface area (Å²) in [6.07, 6.45) is 2.29. The molecule has 1 aliphatic carbocycles. The van der Waals surface area contributed by atoms with Crippen molar-refractivity contribution in [2.45, 2.75) is 45.3 Å². The zero-order valence-corrected chi connectivity index (χ0v) is 8.87. The Bertz CT molecular complexity index is 228. The van der Waals surface area contributed by atoms with Gasteiger partial charge in [0.25, 0.3) is 0 Å². The summed E-state index contributed by atoms with van der Waals surface area (Å²) in [5.74, 6) is 0.319. The predicted octanol–water partition coefficient (Wildman–Crippen LogP) is 1.49. The predicted molar refractivity (Wildman–Crippen MR) is 51.9 cm³/mol. The number of amides is 1. The number of carbonyl (C=O) groups excluding carboxylic acids is 2. The third-order valence-electron chi connectivity index (χ3n) is 1.96. The van der Waals surface area contributed by atoms with Crippen LogP contribution >= 0.6 is 0 Å². The van der Waals surface area contributed by atoms with E-state index in [2.05, 4.69) is 5.32 Å². The van der Waals surface area contributed by atoms with E-state index in [-0.39, 0.29) is 6.04 Å². The van der Waals surface area contributed by atoms with Gasteiger partial charge in [-0.2, -0.15) is 0 Å². The smallest absolute Gasteiger partial charge is 0.408 e. The number of aldehydes is 1. The number of hydrogen-bond donors (Lipinski definition) is 1. The minimum atomic E-state index is -0.513. The fraction of sp³-hybridized carbons (Fsp3) is 0.800.